The molecule has 10 heteroatoms. The maximum Gasteiger partial charge on any atom is 0.301 e. The van der Waals surface area contributed by atoms with Gasteiger partial charge in [0.2, 0.25) is 0 Å². The van der Waals surface area contributed by atoms with Gasteiger partial charge in [0.05, 0.1) is 59.5 Å². The van der Waals surface area contributed by atoms with E-state index >= 15 is 4.39 Å². The summed E-state index contributed by atoms with van der Waals surface area (Å²) in [6, 6.07) is 5.72. The third-order valence-electron chi connectivity index (χ3n) is 7.05. The van der Waals surface area contributed by atoms with Crippen molar-refractivity contribution in [2.75, 3.05) is 23.4 Å². The number of anilines is 2. The van der Waals surface area contributed by atoms with Crippen LogP contribution in [0.4, 0.5) is 24.7 Å². The molecule has 0 saturated carbocycles. The van der Waals surface area contributed by atoms with Crippen LogP contribution in [0, 0.1) is 19.7 Å². The molecule has 0 spiro atoms. The summed E-state index contributed by atoms with van der Waals surface area (Å²) in [6.07, 6.45) is -0.943. The largest absolute Gasteiger partial charge is 0.387 e. The SMILES string of the molecule is Cc1nc2c(C)nnc(N[C@H](C)c3cccc(C(F)(F)C(C)O)c3F)c2cc1N1C2COCC1C2. The van der Waals surface area contributed by atoms with E-state index in [1.807, 2.05) is 19.9 Å². The standard InChI is InChI=1S/C25H28F3N5O2/c1-12(18-6-5-7-20(22(18)26)25(27,28)15(4)34)30-24-19-9-21(33-16-8-17(33)11-35-10-16)13(2)29-23(19)14(3)31-32-24/h5-7,9,12,15-17,34H,8,10-11H2,1-4H3,(H,30,32)/t12-,15?,16?,17?/m1/s1. The Balaban J connectivity index is 1.52. The summed E-state index contributed by atoms with van der Waals surface area (Å²) in [5.74, 6) is -4.39. The van der Waals surface area contributed by atoms with Crippen molar-refractivity contribution < 1.29 is 23.0 Å². The van der Waals surface area contributed by atoms with Gasteiger partial charge in [0.15, 0.2) is 5.82 Å². The number of aliphatic hydroxyl groups is 1. The highest BCUT2D eigenvalue weighted by Crippen LogP contribution is 2.40. The second kappa shape index (κ2) is 8.60. The molecule has 186 valence electrons. The fourth-order valence-electron chi connectivity index (χ4n) is 5.03. The lowest BCUT2D eigenvalue weighted by Gasteiger charge is -2.54. The first-order valence-electron chi connectivity index (χ1n) is 11.7. The van der Waals surface area contributed by atoms with Gasteiger partial charge in [-0.1, -0.05) is 12.1 Å². The van der Waals surface area contributed by atoms with Crippen LogP contribution in [0.1, 0.15) is 48.8 Å². The number of nitrogens with zero attached hydrogens (tertiary/aromatic N) is 4. The summed E-state index contributed by atoms with van der Waals surface area (Å²) in [7, 11) is 0. The van der Waals surface area contributed by atoms with E-state index in [1.54, 1.807) is 6.92 Å². The van der Waals surface area contributed by atoms with Crippen LogP contribution in [0.15, 0.2) is 24.3 Å². The fraction of sp³-hybridized carbons (Fsp3) is 0.480. The third kappa shape index (κ3) is 3.88. The molecular formula is C25H28F3N5O2. The van der Waals surface area contributed by atoms with E-state index in [9.17, 15) is 13.9 Å². The maximum atomic E-state index is 15.2. The lowest BCUT2D eigenvalue weighted by atomic mass is 9.90. The van der Waals surface area contributed by atoms with Crippen molar-refractivity contribution in [2.45, 2.75) is 64.3 Å². The van der Waals surface area contributed by atoms with Crippen molar-refractivity contribution in [3.63, 3.8) is 0 Å². The van der Waals surface area contributed by atoms with Crippen LogP contribution in [-0.2, 0) is 10.7 Å². The Kier molecular flexibility index (Phi) is 5.83. The van der Waals surface area contributed by atoms with Crippen LogP contribution in [0.2, 0.25) is 0 Å². The van der Waals surface area contributed by atoms with E-state index in [-0.39, 0.29) is 5.56 Å². The molecule has 35 heavy (non-hydrogen) atoms. The van der Waals surface area contributed by atoms with Crippen molar-refractivity contribution in [1.29, 1.82) is 0 Å². The fourth-order valence-corrected chi connectivity index (χ4v) is 5.03. The van der Waals surface area contributed by atoms with Crippen molar-refractivity contribution in [2.24, 2.45) is 0 Å². The molecule has 1 aromatic carbocycles. The van der Waals surface area contributed by atoms with E-state index in [1.165, 1.54) is 12.1 Å². The number of benzene rings is 1. The Morgan fingerprint density at radius 1 is 1.14 bits per heavy atom. The molecule has 0 amide bonds. The highest BCUT2D eigenvalue weighted by Gasteiger charge is 2.43. The van der Waals surface area contributed by atoms with Gasteiger partial charge in [-0.15, -0.1) is 5.10 Å². The molecule has 7 nitrogen and oxygen atoms in total. The monoisotopic (exact) mass is 487 g/mol. The van der Waals surface area contributed by atoms with Crippen LogP contribution in [0.5, 0.6) is 0 Å². The van der Waals surface area contributed by atoms with Crippen molar-refractivity contribution in [3.8, 4) is 0 Å². The number of pyridine rings is 1. The van der Waals surface area contributed by atoms with Gasteiger partial charge in [-0.05, 0) is 46.2 Å². The molecule has 2 bridgehead atoms. The lowest BCUT2D eigenvalue weighted by molar-refractivity contribution is -0.108. The molecular weight excluding hydrogens is 459 g/mol. The Bertz CT molecular complexity index is 1270. The molecule has 3 aromatic rings. The zero-order chi connectivity index (χ0) is 25.1. The molecule has 2 saturated heterocycles. The molecule has 2 aliphatic heterocycles. The average Bonchev–Trinajstić information content (AvgIpc) is 2.82. The summed E-state index contributed by atoms with van der Waals surface area (Å²) >= 11 is 0. The number of hydrogen-bond acceptors (Lipinski definition) is 7. The summed E-state index contributed by atoms with van der Waals surface area (Å²) in [5, 5.41) is 21.8. The number of fused-ring (bicyclic) bond motifs is 3. The number of ether oxygens (including phenoxy) is 1. The molecule has 4 heterocycles. The van der Waals surface area contributed by atoms with Crippen LogP contribution >= 0.6 is 0 Å². The summed E-state index contributed by atoms with van der Waals surface area (Å²) < 4.78 is 49.6. The smallest absolute Gasteiger partial charge is 0.301 e. The first-order chi connectivity index (χ1) is 16.6. The highest BCUT2D eigenvalue weighted by atomic mass is 19.3. The predicted molar refractivity (Wildman–Crippen MR) is 126 cm³/mol. The quantitative estimate of drug-likeness (QED) is 0.533. The van der Waals surface area contributed by atoms with Crippen LogP contribution in [0.3, 0.4) is 0 Å². The third-order valence-corrected chi connectivity index (χ3v) is 7.05. The minimum Gasteiger partial charge on any atom is -0.387 e. The Hall–Kier alpha value is -2.98. The molecule has 5 rings (SSSR count). The molecule has 2 aromatic heterocycles. The lowest BCUT2D eigenvalue weighted by Crippen LogP contribution is -2.64. The number of aryl methyl sites for hydroxylation is 2. The Morgan fingerprint density at radius 3 is 2.51 bits per heavy atom. The van der Waals surface area contributed by atoms with Crippen LogP contribution in [-0.4, -0.2) is 51.7 Å². The number of aliphatic hydroxyl groups excluding tert-OH is 1. The summed E-state index contributed by atoms with van der Waals surface area (Å²) in [5.41, 5.74) is 2.40. The minimum atomic E-state index is -3.72. The highest BCUT2D eigenvalue weighted by molar-refractivity contribution is 5.93. The zero-order valence-corrected chi connectivity index (χ0v) is 20.0. The molecule has 3 unspecified atom stereocenters. The minimum absolute atomic E-state index is 0.0352. The number of aromatic nitrogens is 3. The van der Waals surface area contributed by atoms with E-state index < -0.39 is 29.4 Å². The van der Waals surface area contributed by atoms with Gasteiger partial charge in [0, 0.05) is 10.9 Å². The zero-order valence-electron chi connectivity index (χ0n) is 20.0. The topological polar surface area (TPSA) is 83.4 Å². The van der Waals surface area contributed by atoms with Crippen molar-refractivity contribution in [1.82, 2.24) is 15.2 Å². The van der Waals surface area contributed by atoms with E-state index in [2.05, 4.69) is 20.4 Å². The molecule has 0 aliphatic carbocycles. The van der Waals surface area contributed by atoms with Gasteiger partial charge in [0.25, 0.3) is 0 Å². The Labute approximate surface area is 201 Å². The predicted octanol–water partition coefficient (Wildman–Crippen LogP) is 4.40. The molecule has 2 N–H and O–H groups in total. The first-order valence-corrected chi connectivity index (χ1v) is 11.7. The van der Waals surface area contributed by atoms with Gasteiger partial charge >= 0.3 is 5.92 Å². The molecule has 2 fully saturated rings. The number of halogens is 3. The second-order valence-corrected chi connectivity index (χ2v) is 9.48. The number of morpholine rings is 1. The Morgan fingerprint density at radius 2 is 1.86 bits per heavy atom. The molecule has 4 atom stereocenters. The number of hydrogen-bond donors (Lipinski definition) is 2. The van der Waals surface area contributed by atoms with Crippen LogP contribution < -0.4 is 10.2 Å². The van der Waals surface area contributed by atoms with Gasteiger partial charge in [-0.2, -0.15) is 13.9 Å². The van der Waals surface area contributed by atoms with E-state index in [0.717, 1.165) is 36.2 Å². The maximum absolute atomic E-state index is 15.2. The summed E-state index contributed by atoms with van der Waals surface area (Å²) in [4.78, 5) is 7.13. The average molecular weight is 488 g/mol. The second-order valence-electron chi connectivity index (χ2n) is 9.48. The van der Waals surface area contributed by atoms with Gasteiger partial charge in [-0.25, -0.2) is 9.37 Å². The van der Waals surface area contributed by atoms with Crippen molar-refractivity contribution >= 4 is 22.4 Å². The molecule has 2 aliphatic rings. The van der Waals surface area contributed by atoms with Gasteiger partial charge < -0.3 is 20.1 Å². The molecule has 0 radical (unpaired) electrons. The van der Waals surface area contributed by atoms with E-state index in [0.29, 0.717) is 42.3 Å². The number of alkyl halides is 2. The first kappa shape index (κ1) is 23.7. The van der Waals surface area contributed by atoms with E-state index in [4.69, 9.17) is 9.72 Å². The normalized spacial score (nSPS) is 21.5. The van der Waals surface area contributed by atoms with Gasteiger partial charge in [0.1, 0.15) is 11.9 Å². The number of nitrogens with one attached hydrogen (secondary N) is 1. The number of rotatable bonds is 6. The summed E-state index contributed by atoms with van der Waals surface area (Å²) in [6.45, 7) is 7.74. The van der Waals surface area contributed by atoms with Gasteiger partial charge in [-0.3, -0.25) is 0 Å². The van der Waals surface area contributed by atoms with Crippen molar-refractivity contribution in [3.05, 3.63) is 52.6 Å². The van der Waals surface area contributed by atoms with Crippen LogP contribution in [0.25, 0.3) is 10.9 Å².